The number of ether oxygens (including phenoxy) is 2. The fourth-order valence-corrected chi connectivity index (χ4v) is 2.65. The normalized spacial score (nSPS) is 29.3. The molecule has 1 saturated carbocycles. The molecule has 3 unspecified atom stereocenters. The lowest BCUT2D eigenvalue weighted by Crippen LogP contribution is -2.22. The monoisotopic (exact) mass is 228 g/mol. The van der Waals surface area contributed by atoms with Crippen LogP contribution in [0.5, 0.6) is 0 Å². The summed E-state index contributed by atoms with van der Waals surface area (Å²) in [5.41, 5.74) is 0. The van der Waals surface area contributed by atoms with Crippen LogP contribution in [-0.4, -0.2) is 26.3 Å². The molecule has 0 aromatic carbocycles. The minimum atomic E-state index is -0.0140. The van der Waals surface area contributed by atoms with E-state index >= 15 is 0 Å². The first kappa shape index (κ1) is 13.5. The van der Waals surface area contributed by atoms with Crippen molar-refractivity contribution in [2.24, 2.45) is 17.8 Å². The van der Waals surface area contributed by atoms with E-state index in [0.29, 0.717) is 25.0 Å². The summed E-state index contributed by atoms with van der Waals surface area (Å²) in [7, 11) is 1.62. The Hall–Kier alpha value is -0.570. The summed E-state index contributed by atoms with van der Waals surface area (Å²) in [5.74, 6) is 1.36. The molecule has 0 aromatic heterocycles. The number of rotatable bonds is 6. The molecule has 3 nitrogen and oxygen atoms in total. The molecule has 0 aromatic rings. The number of esters is 1. The van der Waals surface area contributed by atoms with Gasteiger partial charge in [0.1, 0.15) is 6.61 Å². The molecule has 0 N–H and O–H groups in total. The first-order valence-corrected chi connectivity index (χ1v) is 6.38. The topological polar surface area (TPSA) is 35.5 Å². The molecule has 1 rings (SSSR count). The van der Waals surface area contributed by atoms with E-state index in [1.54, 1.807) is 7.11 Å². The molecular weight excluding hydrogens is 204 g/mol. The molecule has 94 valence electrons. The summed E-state index contributed by atoms with van der Waals surface area (Å²) in [4.78, 5) is 11.9. The average molecular weight is 228 g/mol. The maximum absolute atomic E-state index is 11.9. The van der Waals surface area contributed by atoms with Gasteiger partial charge in [0.05, 0.1) is 12.5 Å². The maximum atomic E-state index is 11.9. The van der Waals surface area contributed by atoms with Crippen molar-refractivity contribution < 1.29 is 14.3 Å². The van der Waals surface area contributed by atoms with Gasteiger partial charge in [0.2, 0.25) is 0 Å². The number of carbonyl (C=O) groups excluding carboxylic acids is 1. The second kappa shape index (κ2) is 6.89. The van der Waals surface area contributed by atoms with E-state index in [0.717, 1.165) is 12.8 Å². The van der Waals surface area contributed by atoms with E-state index in [2.05, 4.69) is 13.8 Å². The largest absolute Gasteiger partial charge is 0.463 e. The van der Waals surface area contributed by atoms with Gasteiger partial charge in [-0.15, -0.1) is 0 Å². The van der Waals surface area contributed by atoms with Gasteiger partial charge in [-0.2, -0.15) is 0 Å². The zero-order chi connectivity index (χ0) is 12.0. The maximum Gasteiger partial charge on any atom is 0.309 e. The van der Waals surface area contributed by atoms with Gasteiger partial charge in [0.25, 0.3) is 0 Å². The Morgan fingerprint density at radius 1 is 1.19 bits per heavy atom. The van der Waals surface area contributed by atoms with Crippen molar-refractivity contribution in [1.82, 2.24) is 0 Å². The average Bonchev–Trinajstić information content (AvgIpc) is 2.72. The summed E-state index contributed by atoms with van der Waals surface area (Å²) in [6.07, 6.45) is 4.47. The highest BCUT2D eigenvalue weighted by atomic mass is 16.6. The fraction of sp³-hybridized carbons (Fsp3) is 0.923. The Bertz CT molecular complexity index is 215. The summed E-state index contributed by atoms with van der Waals surface area (Å²) >= 11 is 0. The predicted octanol–water partition coefficient (Wildman–Crippen LogP) is 2.64. The molecule has 0 spiro atoms. The van der Waals surface area contributed by atoms with E-state index in [-0.39, 0.29) is 11.9 Å². The van der Waals surface area contributed by atoms with Crippen molar-refractivity contribution in [2.45, 2.75) is 39.5 Å². The van der Waals surface area contributed by atoms with Crippen molar-refractivity contribution in [3.63, 3.8) is 0 Å². The van der Waals surface area contributed by atoms with E-state index in [4.69, 9.17) is 9.47 Å². The van der Waals surface area contributed by atoms with Gasteiger partial charge in [-0.1, -0.05) is 26.7 Å². The summed E-state index contributed by atoms with van der Waals surface area (Å²) in [6.45, 7) is 5.25. The standard InChI is InChI=1S/C13H24O3/c1-4-10-8-11(5-2)12(9-10)13(14)16-7-6-15-3/h10-12H,4-9H2,1-3H3. The van der Waals surface area contributed by atoms with Crippen LogP contribution in [0.4, 0.5) is 0 Å². The fourth-order valence-electron chi connectivity index (χ4n) is 2.65. The SMILES string of the molecule is CCC1CC(CC)C(C(=O)OCCOC)C1. The number of hydrogen-bond donors (Lipinski definition) is 0. The van der Waals surface area contributed by atoms with Gasteiger partial charge in [-0.3, -0.25) is 4.79 Å². The molecule has 0 radical (unpaired) electrons. The molecule has 0 bridgehead atoms. The second-order valence-electron chi connectivity index (χ2n) is 4.68. The van der Waals surface area contributed by atoms with Gasteiger partial charge in [0.15, 0.2) is 0 Å². The van der Waals surface area contributed by atoms with Crippen molar-refractivity contribution in [1.29, 1.82) is 0 Å². The summed E-state index contributed by atoms with van der Waals surface area (Å²) in [6, 6.07) is 0. The minimum Gasteiger partial charge on any atom is -0.463 e. The Balaban J connectivity index is 2.41. The van der Waals surface area contributed by atoms with Crippen LogP contribution in [0.2, 0.25) is 0 Å². The first-order chi connectivity index (χ1) is 7.72. The van der Waals surface area contributed by atoms with Crippen LogP contribution in [0.25, 0.3) is 0 Å². The van der Waals surface area contributed by atoms with Crippen LogP contribution in [0.1, 0.15) is 39.5 Å². The van der Waals surface area contributed by atoms with E-state index in [1.165, 1.54) is 12.8 Å². The molecule has 0 aliphatic heterocycles. The van der Waals surface area contributed by atoms with Crippen LogP contribution in [0.15, 0.2) is 0 Å². The molecular formula is C13H24O3. The molecule has 0 saturated heterocycles. The summed E-state index contributed by atoms with van der Waals surface area (Å²) < 4.78 is 10.1. The first-order valence-electron chi connectivity index (χ1n) is 6.38. The smallest absolute Gasteiger partial charge is 0.309 e. The van der Waals surface area contributed by atoms with Gasteiger partial charge >= 0.3 is 5.97 Å². The molecule has 0 heterocycles. The van der Waals surface area contributed by atoms with Crippen molar-refractivity contribution in [3.8, 4) is 0 Å². The Labute approximate surface area is 98.5 Å². The predicted molar refractivity (Wildman–Crippen MR) is 63.1 cm³/mol. The molecule has 0 amide bonds. The van der Waals surface area contributed by atoms with Gasteiger partial charge in [-0.05, 0) is 24.7 Å². The van der Waals surface area contributed by atoms with Crippen LogP contribution in [0, 0.1) is 17.8 Å². The minimum absolute atomic E-state index is 0.0140. The number of carbonyl (C=O) groups is 1. The van der Waals surface area contributed by atoms with Gasteiger partial charge in [0, 0.05) is 7.11 Å². The zero-order valence-electron chi connectivity index (χ0n) is 10.7. The van der Waals surface area contributed by atoms with Crippen LogP contribution in [0.3, 0.4) is 0 Å². The third-order valence-corrected chi connectivity index (χ3v) is 3.73. The lowest BCUT2D eigenvalue weighted by atomic mass is 9.94. The van der Waals surface area contributed by atoms with Crippen LogP contribution >= 0.6 is 0 Å². The second-order valence-corrected chi connectivity index (χ2v) is 4.68. The molecule has 3 heteroatoms. The molecule has 1 aliphatic rings. The summed E-state index contributed by atoms with van der Waals surface area (Å²) in [5, 5.41) is 0. The third kappa shape index (κ3) is 3.48. The third-order valence-electron chi connectivity index (χ3n) is 3.73. The molecule has 1 fully saturated rings. The van der Waals surface area contributed by atoms with Crippen LogP contribution in [-0.2, 0) is 14.3 Å². The van der Waals surface area contributed by atoms with Crippen molar-refractivity contribution >= 4 is 5.97 Å². The quantitative estimate of drug-likeness (QED) is 0.518. The van der Waals surface area contributed by atoms with Crippen molar-refractivity contribution in [3.05, 3.63) is 0 Å². The van der Waals surface area contributed by atoms with Gasteiger partial charge in [-0.25, -0.2) is 0 Å². The highest BCUT2D eigenvalue weighted by molar-refractivity contribution is 5.73. The highest BCUT2D eigenvalue weighted by Crippen LogP contribution is 2.40. The number of hydrogen-bond acceptors (Lipinski definition) is 3. The Kier molecular flexibility index (Phi) is 5.81. The Morgan fingerprint density at radius 3 is 2.50 bits per heavy atom. The van der Waals surface area contributed by atoms with Crippen LogP contribution < -0.4 is 0 Å². The zero-order valence-corrected chi connectivity index (χ0v) is 10.7. The van der Waals surface area contributed by atoms with E-state index < -0.39 is 0 Å². The number of methoxy groups -OCH3 is 1. The molecule has 1 aliphatic carbocycles. The molecule has 3 atom stereocenters. The van der Waals surface area contributed by atoms with E-state index in [1.807, 2.05) is 0 Å². The molecule has 16 heavy (non-hydrogen) atoms. The lowest BCUT2D eigenvalue weighted by molar-refractivity contribution is -0.151. The Morgan fingerprint density at radius 2 is 1.94 bits per heavy atom. The highest BCUT2D eigenvalue weighted by Gasteiger charge is 2.37. The van der Waals surface area contributed by atoms with E-state index in [9.17, 15) is 4.79 Å². The lowest BCUT2D eigenvalue weighted by Gasteiger charge is -2.16. The van der Waals surface area contributed by atoms with Crippen molar-refractivity contribution in [2.75, 3.05) is 20.3 Å². The van der Waals surface area contributed by atoms with Gasteiger partial charge < -0.3 is 9.47 Å².